The van der Waals surface area contributed by atoms with Crippen molar-refractivity contribution in [3.05, 3.63) is 34.4 Å². The fraction of sp³-hybridized carbons (Fsp3) is 0.550. The number of anilines is 1. The second kappa shape index (κ2) is 6.83. The number of aryl methyl sites for hydroxylation is 2. The Balaban J connectivity index is 1.42. The van der Waals surface area contributed by atoms with E-state index in [1.54, 1.807) is 4.68 Å². The molecular formula is C20H25N5O3S. The highest BCUT2D eigenvalue weighted by atomic mass is 32.2. The minimum absolute atomic E-state index is 0.103. The van der Waals surface area contributed by atoms with Crippen LogP contribution in [0.15, 0.2) is 11.1 Å². The van der Waals surface area contributed by atoms with Crippen molar-refractivity contribution in [1.29, 1.82) is 0 Å². The lowest BCUT2D eigenvalue weighted by molar-refractivity contribution is 0.256. The van der Waals surface area contributed by atoms with Gasteiger partial charge < -0.3 is 5.32 Å². The fourth-order valence-corrected chi connectivity index (χ4v) is 5.99. The molecule has 2 aliphatic carbocycles. The van der Waals surface area contributed by atoms with Crippen LogP contribution in [0.1, 0.15) is 66.7 Å². The predicted molar refractivity (Wildman–Crippen MR) is 108 cm³/mol. The van der Waals surface area contributed by atoms with Crippen molar-refractivity contribution in [1.82, 2.24) is 19.5 Å². The van der Waals surface area contributed by atoms with Crippen molar-refractivity contribution in [3.8, 4) is 0 Å². The SMILES string of the molecule is CC1CCc2c1nc1c(c2NC(=O)NS(=O)(=O)c2cnn3c2CCCC3)CCC1. The zero-order valence-corrected chi connectivity index (χ0v) is 17.3. The summed E-state index contributed by atoms with van der Waals surface area (Å²) in [5.74, 6) is 0.363. The topological polar surface area (TPSA) is 106 Å². The van der Waals surface area contributed by atoms with Crippen LogP contribution in [0, 0.1) is 0 Å². The lowest BCUT2D eigenvalue weighted by Crippen LogP contribution is -2.35. The van der Waals surface area contributed by atoms with Crippen LogP contribution in [-0.2, 0) is 42.3 Å². The molecule has 2 aromatic heterocycles. The van der Waals surface area contributed by atoms with Crippen LogP contribution in [0.3, 0.4) is 0 Å². The van der Waals surface area contributed by atoms with Gasteiger partial charge >= 0.3 is 6.03 Å². The maximum Gasteiger partial charge on any atom is 0.333 e. The molecular weight excluding hydrogens is 390 g/mol. The number of hydrogen-bond donors (Lipinski definition) is 2. The third kappa shape index (κ3) is 3.11. The number of amides is 2. The van der Waals surface area contributed by atoms with Crippen LogP contribution in [0.5, 0.6) is 0 Å². The first-order valence-electron chi connectivity index (χ1n) is 10.4. The Bertz CT molecular complexity index is 1110. The van der Waals surface area contributed by atoms with Crippen molar-refractivity contribution in [2.75, 3.05) is 5.32 Å². The Morgan fingerprint density at radius 1 is 1.14 bits per heavy atom. The van der Waals surface area contributed by atoms with Gasteiger partial charge in [-0.1, -0.05) is 6.92 Å². The number of pyridine rings is 1. The molecule has 1 unspecified atom stereocenters. The molecule has 0 spiro atoms. The van der Waals surface area contributed by atoms with E-state index in [1.807, 2.05) is 0 Å². The average Bonchev–Trinajstić information content (AvgIpc) is 3.40. The second-order valence-corrected chi connectivity index (χ2v) is 9.92. The molecule has 0 saturated carbocycles. The van der Waals surface area contributed by atoms with E-state index in [0.717, 1.165) is 73.1 Å². The van der Waals surface area contributed by atoms with Crippen LogP contribution in [0.2, 0.25) is 0 Å². The molecule has 1 aliphatic heterocycles. The molecule has 29 heavy (non-hydrogen) atoms. The van der Waals surface area contributed by atoms with Crippen molar-refractivity contribution >= 4 is 21.7 Å². The molecule has 2 amide bonds. The number of nitrogens with one attached hydrogen (secondary N) is 2. The zero-order chi connectivity index (χ0) is 20.2. The molecule has 5 rings (SSSR count). The largest absolute Gasteiger partial charge is 0.333 e. The zero-order valence-electron chi connectivity index (χ0n) is 16.5. The Hall–Kier alpha value is -2.42. The van der Waals surface area contributed by atoms with E-state index in [2.05, 4.69) is 22.1 Å². The number of carbonyl (C=O) groups excluding carboxylic acids is 1. The third-order valence-corrected chi connectivity index (χ3v) is 7.72. The lowest BCUT2D eigenvalue weighted by Gasteiger charge is -2.17. The number of fused-ring (bicyclic) bond motifs is 3. The fourth-order valence-electron chi connectivity index (χ4n) is 4.89. The summed E-state index contributed by atoms with van der Waals surface area (Å²) in [7, 11) is -3.98. The second-order valence-electron chi connectivity index (χ2n) is 8.26. The molecule has 1 atom stereocenters. The summed E-state index contributed by atoms with van der Waals surface area (Å²) in [5.41, 5.74) is 5.67. The molecule has 2 N–H and O–H groups in total. The third-order valence-electron chi connectivity index (χ3n) is 6.35. The number of urea groups is 1. The first-order valence-corrected chi connectivity index (χ1v) is 11.9. The van der Waals surface area contributed by atoms with Gasteiger partial charge in [0.1, 0.15) is 4.90 Å². The standard InChI is InChI=1S/C20H25N5O3S/c1-12-8-9-14-18(12)22-15-6-4-5-13(15)19(14)23-20(26)24-29(27,28)17-11-21-25-10-3-2-7-16(17)25/h11-12H,2-10H2,1H3,(H2,22,23,24,26). The van der Waals surface area contributed by atoms with Crippen molar-refractivity contribution in [2.45, 2.75) is 75.6 Å². The van der Waals surface area contributed by atoms with Gasteiger partial charge in [-0.25, -0.2) is 17.9 Å². The Morgan fingerprint density at radius 2 is 2.00 bits per heavy atom. The number of nitrogens with zero attached hydrogens (tertiary/aromatic N) is 3. The summed E-state index contributed by atoms with van der Waals surface area (Å²) >= 11 is 0. The number of aromatic nitrogens is 3. The minimum Gasteiger partial charge on any atom is -0.306 e. The maximum absolute atomic E-state index is 12.8. The van der Waals surface area contributed by atoms with E-state index in [1.165, 1.54) is 6.20 Å². The van der Waals surface area contributed by atoms with Crippen molar-refractivity contribution < 1.29 is 13.2 Å². The molecule has 0 fully saturated rings. The highest BCUT2D eigenvalue weighted by molar-refractivity contribution is 7.90. The molecule has 0 aromatic carbocycles. The summed E-state index contributed by atoms with van der Waals surface area (Å²) in [4.78, 5) is 17.7. The van der Waals surface area contributed by atoms with Crippen LogP contribution < -0.4 is 10.0 Å². The van der Waals surface area contributed by atoms with Crippen LogP contribution in [0.25, 0.3) is 0 Å². The van der Waals surface area contributed by atoms with E-state index < -0.39 is 16.1 Å². The summed E-state index contributed by atoms with van der Waals surface area (Å²) in [6, 6.07) is -0.720. The Morgan fingerprint density at radius 3 is 2.86 bits per heavy atom. The molecule has 3 heterocycles. The van der Waals surface area contributed by atoms with Gasteiger partial charge in [0.05, 0.1) is 17.6 Å². The molecule has 8 nitrogen and oxygen atoms in total. The Labute approximate surface area is 170 Å². The van der Waals surface area contributed by atoms with E-state index in [0.29, 0.717) is 24.6 Å². The quantitative estimate of drug-likeness (QED) is 0.802. The molecule has 3 aliphatic rings. The minimum atomic E-state index is -3.98. The van der Waals surface area contributed by atoms with Crippen LogP contribution in [0.4, 0.5) is 10.5 Å². The monoisotopic (exact) mass is 415 g/mol. The smallest absolute Gasteiger partial charge is 0.306 e. The van der Waals surface area contributed by atoms with E-state index >= 15 is 0 Å². The number of rotatable bonds is 3. The molecule has 2 aromatic rings. The summed E-state index contributed by atoms with van der Waals surface area (Å²) < 4.78 is 29.6. The van der Waals surface area contributed by atoms with Gasteiger partial charge in [-0.05, 0) is 68.4 Å². The van der Waals surface area contributed by atoms with Crippen molar-refractivity contribution in [3.63, 3.8) is 0 Å². The van der Waals surface area contributed by atoms with Gasteiger partial charge in [-0.3, -0.25) is 9.67 Å². The first kappa shape index (κ1) is 18.6. The number of sulfonamides is 1. The number of carbonyl (C=O) groups is 1. The highest BCUT2D eigenvalue weighted by Crippen LogP contribution is 2.41. The predicted octanol–water partition coefficient (Wildman–Crippen LogP) is 2.66. The first-order chi connectivity index (χ1) is 13.9. The summed E-state index contributed by atoms with van der Waals surface area (Å²) in [6.07, 6.45) is 8.55. The Kier molecular flexibility index (Phi) is 4.38. The number of hydrogen-bond acceptors (Lipinski definition) is 5. The highest BCUT2D eigenvalue weighted by Gasteiger charge is 2.31. The van der Waals surface area contributed by atoms with Crippen LogP contribution >= 0.6 is 0 Å². The van der Waals surface area contributed by atoms with E-state index in [9.17, 15) is 13.2 Å². The van der Waals surface area contributed by atoms with Gasteiger partial charge in [0.25, 0.3) is 10.0 Å². The average molecular weight is 416 g/mol. The van der Waals surface area contributed by atoms with Gasteiger partial charge in [0, 0.05) is 17.9 Å². The van der Waals surface area contributed by atoms with Gasteiger partial charge in [-0.15, -0.1) is 0 Å². The summed E-state index contributed by atoms with van der Waals surface area (Å²) in [6.45, 7) is 2.86. The van der Waals surface area contributed by atoms with Crippen LogP contribution in [-0.4, -0.2) is 29.2 Å². The van der Waals surface area contributed by atoms with Gasteiger partial charge in [0.15, 0.2) is 0 Å². The van der Waals surface area contributed by atoms with Crippen molar-refractivity contribution in [2.24, 2.45) is 0 Å². The molecule has 0 saturated heterocycles. The lowest BCUT2D eigenvalue weighted by atomic mass is 10.0. The molecule has 9 heteroatoms. The van der Waals surface area contributed by atoms with Gasteiger partial charge in [0.2, 0.25) is 0 Å². The molecule has 154 valence electrons. The van der Waals surface area contributed by atoms with E-state index in [4.69, 9.17) is 4.98 Å². The molecule has 0 bridgehead atoms. The summed E-state index contributed by atoms with van der Waals surface area (Å²) in [5, 5.41) is 7.04. The maximum atomic E-state index is 12.8. The molecule has 0 radical (unpaired) electrons. The normalized spacial score (nSPS) is 20.1. The van der Waals surface area contributed by atoms with E-state index in [-0.39, 0.29) is 4.90 Å². The van der Waals surface area contributed by atoms with Gasteiger partial charge in [-0.2, -0.15) is 5.10 Å².